The van der Waals surface area contributed by atoms with Gasteiger partial charge >= 0.3 is 5.97 Å². The molecule has 2 aliphatic heterocycles. The molecule has 170 valence electrons. The highest BCUT2D eigenvalue weighted by molar-refractivity contribution is 8.19. The van der Waals surface area contributed by atoms with Crippen molar-refractivity contribution in [2.24, 2.45) is 0 Å². The molecule has 0 spiro atoms. The van der Waals surface area contributed by atoms with Crippen molar-refractivity contribution in [3.05, 3.63) is 0 Å². The molecule has 0 aliphatic carbocycles. The van der Waals surface area contributed by atoms with E-state index in [4.69, 9.17) is 23.7 Å². The fourth-order valence-electron chi connectivity index (χ4n) is 3.66. The summed E-state index contributed by atoms with van der Waals surface area (Å²) in [6.45, 7) is 10.9. The van der Waals surface area contributed by atoms with Gasteiger partial charge in [-0.2, -0.15) is 0 Å². The molecular formula is C19H34O8S2. The Balaban J connectivity index is 2.35. The van der Waals surface area contributed by atoms with Gasteiger partial charge in [-0.1, -0.05) is 13.8 Å². The summed E-state index contributed by atoms with van der Waals surface area (Å²) >= 11 is 2.57. The monoisotopic (exact) mass is 454 g/mol. The molecule has 5 atom stereocenters. The first-order valence-electron chi connectivity index (χ1n) is 9.83. The zero-order valence-corrected chi connectivity index (χ0v) is 19.8. The predicted octanol–water partition coefficient (Wildman–Crippen LogP) is 1.76. The van der Waals surface area contributed by atoms with Crippen LogP contribution in [-0.4, -0.2) is 87.6 Å². The maximum atomic E-state index is 12.8. The van der Waals surface area contributed by atoms with Crippen LogP contribution >= 0.6 is 23.5 Å². The van der Waals surface area contributed by atoms with Crippen LogP contribution in [0.15, 0.2) is 0 Å². The van der Waals surface area contributed by atoms with Gasteiger partial charge in [0.1, 0.15) is 30.5 Å². The lowest BCUT2D eigenvalue weighted by molar-refractivity contribution is -0.179. The first kappa shape index (κ1) is 25.2. The average molecular weight is 455 g/mol. The van der Waals surface area contributed by atoms with Crippen molar-refractivity contribution in [3.63, 3.8) is 0 Å². The molecule has 0 aromatic rings. The van der Waals surface area contributed by atoms with Crippen LogP contribution < -0.4 is 0 Å². The van der Waals surface area contributed by atoms with E-state index in [9.17, 15) is 15.0 Å². The third-order valence-corrected chi connectivity index (χ3v) is 7.76. The second kappa shape index (κ2) is 9.60. The second-order valence-corrected chi connectivity index (χ2v) is 11.2. The first-order valence-corrected chi connectivity index (χ1v) is 11.8. The van der Waals surface area contributed by atoms with E-state index in [1.54, 1.807) is 27.7 Å². The normalized spacial score (nSPS) is 30.9. The van der Waals surface area contributed by atoms with Gasteiger partial charge in [0.25, 0.3) is 0 Å². The number of ether oxygens (including phenoxy) is 5. The highest BCUT2D eigenvalue weighted by Gasteiger charge is 2.59. The third kappa shape index (κ3) is 5.41. The van der Waals surface area contributed by atoms with Crippen LogP contribution in [0, 0.1) is 0 Å². The van der Waals surface area contributed by atoms with Crippen molar-refractivity contribution < 1.29 is 38.7 Å². The van der Waals surface area contributed by atoms with Crippen LogP contribution in [-0.2, 0) is 28.5 Å². The Hall–Kier alpha value is -0.0700. The van der Waals surface area contributed by atoms with Gasteiger partial charge in [-0.05, 0) is 39.2 Å². The van der Waals surface area contributed by atoms with E-state index >= 15 is 0 Å². The Bertz CT molecular complexity index is 564. The highest BCUT2D eigenvalue weighted by atomic mass is 32.2. The molecule has 2 fully saturated rings. The van der Waals surface area contributed by atoms with Crippen LogP contribution in [0.5, 0.6) is 0 Å². The van der Waals surface area contributed by atoms with Crippen LogP contribution in [0.4, 0.5) is 0 Å². The summed E-state index contributed by atoms with van der Waals surface area (Å²) in [5.74, 6) is -1.26. The smallest absolute Gasteiger partial charge is 0.335 e. The molecule has 0 unspecified atom stereocenters. The summed E-state index contributed by atoms with van der Waals surface area (Å²) in [4.78, 5) is 12.8. The molecule has 2 saturated heterocycles. The molecule has 0 saturated carbocycles. The molecule has 2 heterocycles. The van der Waals surface area contributed by atoms with Gasteiger partial charge in [-0.3, -0.25) is 0 Å². The summed E-state index contributed by atoms with van der Waals surface area (Å²) in [5, 5.41) is 22.4. The molecule has 8 nitrogen and oxygen atoms in total. The van der Waals surface area contributed by atoms with Crippen LogP contribution in [0.3, 0.4) is 0 Å². The molecule has 2 rings (SSSR count). The van der Waals surface area contributed by atoms with Crippen LogP contribution in [0.1, 0.15) is 41.5 Å². The van der Waals surface area contributed by atoms with Gasteiger partial charge < -0.3 is 33.9 Å². The lowest BCUT2D eigenvalue weighted by Crippen LogP contribution is -2.57. The number of carbonyl (C=O) groups excluding carboxylic acids is 1. The lowest BCUT2D eigenvalue weighted by atomic mass is 9.97. The number of hydrogen-bond acceptors (Lipinski definition) is 10. The standard InChI is InChI=1S/C19H34O8S2/c1-8-28-19(29-9-2,16(22)23-7)15(21)14-13(26-18(5,6)27-14)12(20)11-10-24-17(3,4)25-11/h11-15,20-21H,8-10H2,1-7H3/t11-,12-,13+,14+,15-/m1/s1. The molecule has 0 radical (unpaired) electrons. The number of carbonyl (C=O) groups is 1. The summed E-state index contributed by atoms with van der Waals surface area (Å²) in [6, 6.07) is 0. The van der Waals surface area contributed by atoms with E-state index in [0.29, 0.717) is 11.5 Å². The van der Waals surface area contributed by atoms with Gasteiger partial charge in [0.2, 0.25) is 0 Å². The van der Waals surface area contributed by atoms with Crippen molar-refractivity contribution >= 4 is 29.5 Å². The Morgan fingerprint density at radius 2 is 1.62 bits per heavy atom. The zero-order valence-electron chi connectivity index (χ0n) is 18.2. The maximum Gasteiger partial charge on any atom is 0.335 e. The summed E-state index contributed by atoms with van der Waals surface area (Å²) < 4.78 is 27.0. The van der Waals surface area contributed by atoms with E-state index in [2.05, 4.69) is 0 Å². The Kier molecular flexibility index (Phi) is 8.34. The Labute approximate surface area is 181 Å². The number of methoxy groups -OCH3 is 1. The zero-order chi connectivity index (χ0) is 22.0. The fraction of sp³-hybridized carbons (Fsp3) is 0.947. The first-order chi connectivity index (χ1) is 13.4. The molecule has 0 amide bonds. The topological polar surface area (TPSA) is 104 Å². The molecule has 10 heteroatoms. The van der Waals surface area contributed by atoms with Gasteiger partial charge in [0, 0.05) is 0 Å². The minimum atomic E-state index is -1.31. The van der Waals surface area contributed by atoms with Gasteiger partial charge in [-0.15, -0.1) is 23.5 Å². The second-order valence-electron chi connectivity index (χ2n) is 7.89. The molecular weight excluding hydrogens is 420 g/mol. The van der Waals surface area contributed by atoms with Crippen molar-refractivity contribution in [2.75, 3.05) is 25.2 Å². The molecule has 0 aromatic carbocycles. The minimum Gasteiger partial charge on any atom is -0.467 e. The predicted molar refractivity (Wildman–Crippen MR) is 112 cm³/mol. The minimum absolute atomic E-state index is 0.187. The van der Waals surface area contributed by atoms with E-state index in [1.807, 2.05) is 13.8 Å². The van der Waals surface area contributed by atoms with Crippen LogP contribution in [0.25, 0.3) is 0 Å². The van der Waals surface area contributed by atoms with E-state index in [0.717, 1.165) is 0 Å². The van der Waals surface area contributed by atoms with Gasteiger partial charge in [-0.25, -0.2) is 4.79 Å². The lowest BCUT2D eigenvalue weighted by Gasteiger charge is -2.38. The Morgan fingerprint density at radius 1 is 1.07 bits per heavy atom. The summed E-state index contributed by atoms with van der Waals surface area (Å²) in [6.07, 6.45) is -4.94. The maximum absolute atomic E-state index is 12.8. The van der Waals surface area contributed by atoms with E-state index < -0.39 is 52.1 Å². The molecule has 29 heavy (non-hydrogen) atoms. The number of aliphatic hydroxyl groups is 2. The van der Waals surface area contributed by atoms with Crippen molar-refractivity contribution in [1.82, 2.24) is 0 Å². The quantitative estimate of drug-likeness (QED) is 0.395. The van der Waals surface area contributed by atoms with Gasteiger partial charge in [0.15, 0.2) is 15.7 Å². The fourth-order valence-corrected chi connectivity index (χ4v) is 6.57. The number of aliphatic hydroxyl groups excluding tert-OH is 2. The van der Waals surface area contributed by atoms with E-state index in [1.165, 1.54) is 30.6 Å². The number of esters is 1. The van der Waals surface area contributed by atoms with Crippen molar-refractivity contribution in [3.8, 4) is 0 Å². The number of thioether (sulfide) groups is 2. The van der Waals surface area contributed by atoms with E-state index in [-0.39, 0.29) is 6.61 Å². The van der Waals surface area contributed by atoms with Gasteiger partial charge in [0.05, 0.1) is 13.7 Å². The van der Waals surface area contributed by atoms with Crippen LogP contribution in [0.2, 0.25) is 0 Å². The molecule has 0 bridgehead atoms. The molecule has 2 aliphatic rings. The third-order valence-electron chi connectivity index (χ3n) is 4.80. The Morgan fingerprint density at radius 3 is 2.07 bits per heavy atom. The highest BCUT2D eigenvalue weighted by Crippen LogP contribution is 2.46. The average Bonchev–Trinajstić information content (AvgIpc) is 3.17. The van der Waals surface area contributed by atoms with Crippen molar-refractivity contribution in [1.29, 1.82) is 0 Å². The largest absolute Gasteiger partial charge is 0.467 e. The molecule has 0 aromatic heterocycles. The SMILES string of the molecule is CCSC(SCC)(C(=O)OC)[C@H](O)[C@H]1OC(C)(C)O[C@H]1[C@H](O)[C@H]1COC(C)(C)O1. The number of hydrogen-bond donors (Lipinski definition) is 2. The molecule has 2 N–H and O–H groups in total. The van der Waals surface area contributed by atoms with Crippen molar-refractivity contribution in [2.45, 2.75) is 87.7 Å². The number of rotatable bonds is 9. The summed E-state index contributed by atoms with van der Waals surface area (Å²) in [7, 11) is 1.30. The summed E-state index contributed by atoms with van der Waals surface area (Å²) in [5.41, 5.74) is 0.